The monoisotopic (exact) mass is 225 g/mol. The maximum atomic E-state index is 12.6. The predicted molar refractivity (Wildman–Crippen MR) is 45.5 cm³/mol. The summed E-state index contributed by atoms with van der Waals surface area (Å²) in [7, 11) is -4.55. The van der Waals surface area contributed by atoms with Gasteiger partial charge in [-0.15, -0.1) is 0 Å². The average Bonchev–Trinajstić information content (AvgIpc) is 2.53. The third-order valence-corrected chi connectivity index (χ3v) is 3.59. The molecule has 2 fully saturated rings. The number of hydrogen-bond acceptors (Lipinski definition) is 4. The Labute approximate surface area is 82.1 Å². The fourth-order valence-corrected chi connectivity index (χ4v) is 2.45. The highest BCUT2D eigenvalue weighted by Gasteiger charge is 2.42. The van der Waals surface area contributed by atoms with Gasteiger partial charge in [0.1, 0.15) is 0 Å². The molecular weight excluding hydrogens is 213 g/mol. The zero-order valence-corrected chi connectivity index (χ0v) is 8.43. The van der Waals surface area contributed by atoms with Crippen molar-refractivity contribution in [2.75, 3.05) is 26.3 Å². The number of piperidine rings is 1. The predicted octanol–water partition coefficient (Wildman–Crippen LogP) is 0.0396. The minimum Gasteiger partial charge on any atom is -0.347 e. The van der Waals surface area contributed by atoms with E-state index < -0.39 is 16.2 Å². The van der Waals surface area contributed by atoms with E-state index in [1.807, 2.05) is 0 Å². The smallest absolute Gasteiger partial charge is 0.347 e. The van der Waals surface area contributed by atoms with Gasteiger partial charge in [-0.1, -0.05) is 3.89 Å². The van der Waals surface area contributed by atoms with Crippen LogP contribution in [-0.4, -0.2) is 44.8 Å². The fourth-order valence-electron chi connectivity index (χ4n) is 1.83. The van der Waals surface area contributed by atoms with Crippen LogP contribution >= 0.6 is 0 Å². The Bertz CT molecular complexity index is 302. The lowest BCUT2D eigenvalue weighted by Crippen LogP contribution is -2.46. The first kappa shape index (κ1) is 10.3. The zero-order valence-electron chi connectivity index (χ0n) is 7.61. The van der Waals surface area contributed by atoms with E-state index in [1.165, 1.54) is 0 Å². The molecule has 1 spiro atoms. The van der Waals surface area contributed by atoms with Gasteiger partial charge in [0.15, 0.2) is 5.79 Å². The van der Waals surface area contributed by atoms with Crippen molar-refractivity contribution in [1.82, 2.24) is 4.31 Å². The Kier molecular flexibility index (Phi) is 2.50. The van der Waals surface area contributed by atoms with Crippen LogP contribution in [0.4, 0.5) is 3.89 Å². The van der Waals surface area contributed by atoms with Gasteiger partial charge in [-0.25, -0.2) is 0 Å². The summed E-state index contributed by atoms with van der Waals surface area (Å²) in [5, 5.41) is 0. The molecule has 0 N–H and O–H groups in total. The Morgan fingerprint density at radius 2 is 1.64 bits per heavy atom. The normalized spacial score (nSPS) is 28.4. The summed E-state index contributed by atoms with van der Waals surface area (Å²) in [6.45, 7) is 1.31. The van der Waals surface area contributed by atoms with Crippen LogP contribution in [0.25, 0.3) is 0 Å². The maximum Gasteiger partial charge on any atom is 0.374 e. The lowest BCUT2D eigenvalue weighted by molar-refractivity contribution is -0.179. The number of nitrogens with zero attached hydrogens (tertiary/aromatic N) is 1. The van der Waals surface area contributed by atoms with Crippen molar-refractivity contribution in [3.63, 3.8) is 0 Å². The van der Waals surface area contributed by atoms with Gasteiger partial charge in [-0.05, 0) is 0 Å². The first-order valence-electron chi connectivity index (χ1n) is 4.50. The number of hydrogen-bond donors (Lipinski definition) is 0. The summed E-state index contributed by atoms with van der Waals surface area (Å²) in [6.07, 6.45) is 0.798. The van der Waals surface area contributed by atoms with E-state index in [-0.39, 0.29) is 13.1 Å². The van der Waals surface area contributed by atoms with Gasteiger partial charge in [-0.2, -0.15) is 12.7 Å². The molecular formula is C7H12FNO4S. The standard InChI is InChI=1S/C7H12FNO4S/c8-14(10,11)9-3-1-7(2-4-9)12-5-6-13-7/h1-6H2. The second-order valence-corrected chi connectivity index (χ2v) is 4.79. The van der Waals surface area contributed by atoms with Gasteiger partial charge in [0.05, 0.1) is 13.2 Å². The van der Waals surface area contributed by atoms with E-state index in [0.29, 0.717) is 26.1 Å². The molecule has 2 heterocycles. The average molecular weight is 225 g/mol. The van der Waals surface area contributed by atoms with Gasteiger partial charge in [0.25, 0.3) is 0 Å². The van der Waals surface area contributed by atoms with Crippen molar-refractivity contribution in [1.29, 1.82) is 0 Å². The summed E-state index contributed by atoms with van der Waals surface area (Å²) in [6, 6.07) is 0. The Hall–Kier alpha value is -0.240. The van der Waals surface area contributed by atoms with Gasteiger partial charge >= 0.3 is 10.4 Å². The molecule has 7 heteroatoms. The molecule has 2 aliphatic heterocycles. The molecule has 0 unspecified atom stereocenters. The second-order valence-electron chi connectivity index (χ2n) is 3.45. The Morgan fingerprint density at radius 3 is 2.07 bits per heavy atom. The number of rotatable bonds is 1. The van der Waals surface area contributed by atoms with Gasteiger partial charge in [-0.3, -0.25) is 0 Å². The summed E-state index contributed by atoms with van der Waals surface area (Å²) in [4.78, 5) is 0. The van der Waals surface area contributed by atoms with E-state index in [1.54, 1.807) is 0 Å². The molecule has 5 nitrogen and oxygen atoms in total. The van der Waals surface area contributed by atoms with E-state index in [4.69, 9.17) is 9.47 Å². The third-order valence-electron chi connectivity index (χ3n) is 2.61. The van der Waals surface area contributed by atoms with Crippen LogP contribution in [0.3, 0.4) is 0 Å². The minimum absolute atomic E-state index is 0.124. The van der Waals surface area contributed by atoms with Crippen LogP contribution < -0.4 is 0 Å². The summed E-state index contributed by atoms with van der Waals surface area (Å²) in [5.74, 6) is -0.652. The highest BCUT2D eigenvalue weighted by Crippen LogP contribution is 2.32. The van der Waals surface area contributed by atoms with Crippen molar-refractivity contribution in [3.05, 3.63) is 0 Å². The van der Waals surface area contributed by atoms with Crippen LogP contribution in [0.15, 0.2) is 0 Å². The van der Waals surface area contributed by atoms with E-state index in [0.717, 1.165) is 4.31 Å². The molecule has 0 saturated carbocycles. The van der Waals surface area contributed by atoms with Crippen LogP contribution in [0.5, 0.6) is 0 Å². The summed E-state index contributed by atoms with van der Waals surface area (Å²) >= 11 is 0. The van der Waals surface area contributed by atoms with Crippen molar-refractivity contribution in [3.8, 4) is 0 Å². The molecule has 0 atom stereocenters. The largest absolute Gasteiger partial charge is 0.374 e. The van der Waals surface area contributed by atoms with Gasteiger partial charge in [0, 0.05) is 25.9 Å². The topological polar surface area (TPSA) is 55.8 Å². The van der Waals surface area contributed by atoms with Crippen LogP contribution in [0.1, 0.15) is 12.8 Å². The maximum absolute atomic E-state index is 12.6. The SMILES string of the molecule is O=S(=O)(F)N1CCC2(CC1)OCCO2. The van der Waals surface area contributed by atoms with Gasteiger partial charge in [0.2, 0.25) is 0 Å². The van der Waals surface area contributed by atoms with Crippen LogP contribution in [0, 0.1) is 0 Å². The molecule has 0 radical (unpaired) electrons. The van der Waals surface area contributed by atoms with Crippen LogP contribution in [-0.2, 0) is 19.9 Å². The summed E-state index contributed by atoms with van der Waals surface area (Å²) < 4.78 is 45.3. The molecule has 0 aromatic carbocycles. The van der Waals surface area contributed by atoms with Gasteiger partial charge < -0.3 is 9.47 Å². The molecule has 0 amide bonds. The molecule has 82 valence electrons. The highest BCUT2D eigenvalue weighted by molar-refractivity contribution is 7.83. The van der Waals surface area contributed by atoms with Crippen molar-refractivity contribution < 1.29 is 21.8 Å². The Morgan fingerprint density at radius 1 is 1.14 bits per heavy atom. The molecule has 0 bridgehead atoms. The quantitative estimate of drug-likeness (QED) is 0.591. The van der Waals surface area contributed by atoms with E-state index in [2.05, 4.69) is 0 Å². The van der Waals surface area contributed by atoms with E-state index >= 15 is 0 Å². The third kappa shape index (κ3) is 1.90. The zero-order chi connectivity index (χ0) is 10.2. The summed E-state index contributed by atoms with van der Waals surface area (Å²) in [5.41, 5.74) is 0. The molecule has 2 saturated heterocycles. The van der Waals surface area contributed by atoms with Crippen LogP contribution in [0.2, 0.25) is 0 Å². The molecule has 0 aromatic rings. The number of ether oxygens (including phenoxy) is 2. The molecule has 2 rings (SSSR count). The lowest BCUT2D eigenvalue weighted by atomic mass is 10.1. The minimum atomic E-state index is -4.55. The number of halogens is 1. The highest BCUT2D eigenvalue weighted by atomic mass is 32.3. The van der Waals surface area contributed by atoms with Crippen molar-refractivity contribution in [2.45, 2.75) is 18.6 Å². The fraction of sp³-hybridized carbons (Fsp3) is 1.00. The van der Waals surface area contributed by atoms with Crippen molar-refractivity contribution >= 4 is 10.4 Å². The second kappa shape index (κ2) is 3.41. The molecule has 2 aliphatic rings. The Balaban J connectivity index is 1.98. The molecule has 14 heavy (non-hydrogen) atoms. The first-order valence-corrected chi connectivity index (χ1v) is 5.84. The van der Waals surface area contributed by atoms with Crippen molar-refractivity contribution in [2.24, 2.45) is 0 Å². The molecule has 0 aliphatic carbocycles. The van der Waals surface area contributed by atoms with E-state index in [9.17, 15) is 12.3 Å². The lowest BCUT2D eigenvalue weighted by Gasteiger charge is -2.35. The molecule has 0 aromatic heterocycles. The first-order chi connectivity index (χ1) is 6.52.